The van der Waals surface area contributed by atoms with Crippen LogP contribution in [0.1, 0.15) is 78.6 Å². The highest BCUT2D eigenvalue weighted by Gasteiger charge is 2.60. The number of fused-ring (bicyclic) bond motifs is 5. The van der Waals surface area contributed by atoms with E-state index in [1.807, 2.05) is 6.92 Å². The largest absolute Gasteiger partial charge is 0.390 e. The van der Waals surface area contributed by atoms with Crippen LogP contribution in [0.4, 0.5) is 0 Å². The molecule has 0 aromatic carbocycles. The Morgan fingerprint density at radius 1 is 0.955 bits per heavy atom. The minimum absolute atomic E-state index is 0.00449. The maximum Gasteiger partial charge on any atom is 0.139 e. The lowest BCUT2D eigenvalue weighted by atomic mass is 9.44. The molecule has 2 nitrogen and oxygen atoms in total. The molecule has 0 aromatic rings. The fraction of sp³-hybridized carbons (Fsp3) is 0.950. The van der Waals surface area contributed by atoms with E-state index < -0.39 is 5.60 Å². The van der Waals surface area contributed by atoms with E-state index in [1.54, 1.807) is 0 Å². The summed E-state index contributed by atoms with van der Waals surface area (Å²) < 4.78 is 0. The molecule has 4 aliphatic rings. The van der Waals surface area contributed by atoms with Crippen molar-refractivity contribution in [2.24, 2.45) is 34.5 Å². The van der Waals surface area contributed by atoms with Crippen molar-refractivity contribution in [3.05, 3.63) is 0 Å². The first-order valence-corrected chi connectivity index (χ1v) is 9.52. The fourth-order valence-corrected chi connectivity index (χ4v) is 7.20. The lowest BCUT2D eigenvalue weighted by molar-refractivity contribution is -0.151. The van der Waals surface area contributed by atoms with Crippen LogP contribution in [0.3, 0.4) is 0 Å². The van der Waals surface area contributed by atoms with Gasteiger partial charge in [-0.05, 0) is 87.4 Å². The number of carbonyl (C=O) groups excluding carboxylic acids is 1. The summed E-state index contributed by atoms with van der Waals surface area (Å²) in [5.74, 6) is 3.47. The lowest BCUT2D eigenvalue weighted by Gasteiger charge is -2.61. The topological polar surface area (TPSA) is 37.3 Å². The van der Waals surface area contributed by atoms with Gasteiger partial charge in [-0.15, -0.1) is 0 Å². The molecule has 0 saturated heterocycles. The van der Waals surface area contributed by atoms with Gasteiger partial charge in [-0.2, -0.15) is 0 Å². The van der Waals surface area contributed by atoms with Gasteiger partial charge < -0.3 is 5.11 Å². The van der Waals surface area contributed by atoms with E-state index >= 15 is 0 Å². The molecule has 2 heteroatoms. The van der Waals surface area contributed by atoms with Crippen LogP contribution in [-0.2, 0) is 4.79 Å². The molecule has 0 heterocycles. The second kappa shape index (κ2) is 4.59. The Labute approximate surface area is 135 Å². The number of aliphatic hydroxyl groups is 1. The molecule has 4 fully saturated rings. The predicted octanol–water partition coefficient (Wildman–Crippen LogP) is 4.35. The summed E-state index contributed by atoms with van der Waals surface area (Å²) in [4.78, 5) is 12.4. The maximum atomic E-state index is 12.4. The Balaban J connectivity index is 1.63. The molecule has 4 rings (SSSR count). The average Bonchev–Trinajstić information content (AvgIpc) is 2.76. The van der Waals surface area contributed by atoms with Crippen LogP contribution in [-0.4, -0.2) is 16.5 Å². The maximum absolute atomic E-state index is 12.4. The van der Waals surface area contributed by atoms with Gasteiger partial charge in [0.25, 0.3) is 0 Å². The summed E-state index contributed by atoms with van der Waals surface area (Å²) in [6.45, 7) is 6.82. The van der Waals surface area contributed by atoms with Crippen LogP contribution in [0.5, 0.6) is 0 Å². The van der Waals surface area contributed by atoms with Crippen LogP contribution in [0.25, 0.3) is 0 Å². The van der Waals surface area contributed by atoms with Crippen molar-refractivity contribution in [3.63, 3.8) is 0 Å². The number of carbonyl (C=O) groups is 1. The van der Waals surface area contributed by atoms with Crippen LogP contribution >= 0.6 is 0 Å². The third-order valence-electron chi connectivity index (χ3n) is 8.66. The second-order valence-electron chi connectivity index (χ2n) is 9.78. The SMILES string of the molecule is CC1(O)CC[C@@]2(C)C(CC[C@@H]3[C@@H]2CC[C@]2(C)C(=O)CC[C@@H]32)C1. The molecule has 0 radical (unpaired) electrons. The number of hydrogen-bond donors (Lipinski definition) is 1. The van der Waals surface area contributed by atoms with Crippen molar-refractivity contribution in [2.45, 2.75) is 84.2 Å². The van der Waals surface area contributed by atoms with Crippen molar-refractivity contribution in [2.75, 3.05) is 0 Å². The van der Waals surface area contributed by atoms with E-state index in [0.29, 0.717) is 23.0 Å². The smallest absolute Gasteiger partial charge is 0.139 e. The van der Waals surface area contributed by atoms with Gasteiger partial charge >= 0.3 is 0 Å². The number of rotatable bonds is 0. The zero-order valence-corrected chi connectivity index (χ0v) is 14.5. The highest BCUT2D eigenvalue weighted by Crippen LogP contribution is 2.66. The van der Waals surface area contributed by atoms with Crippen LogP contribution in [0.2, 0.25) is 0 Å². The molecule has 0 aliphatic heterocycles. The van der Waals surface area contributed by atoms with Gasteiger partial charge in [0.05, 0.1) is 5.60 Å². The van der Waals surface area contributed by atoms with Crippen molar-refractivity contribution >= 4 is 5.78 Å². The molecular formula is C20H32O2. The molecule has 0 spiro atoms. The summed E-state index contributed by atoms with van der Waals surface area (Å²) in [5.41, 5.74) is -0.0217. The Morgan fingerprint density at radius 2 is 1.73 bits per heavy atom. The molecule has 7 atom stereocenters. The molecule has 22 heavy (non-hydrogen) atoms. The molecule has 124 valence electrons. The van der Waals surface area contributed by atoms with Crippen molar-refractivity contribution < 1.29 is 9.90 Å². The van der Waals surface area contributed by atoms with E-state index in [0.717, 1.165) is 43.9 Å². The summed E-state index contributed by atoms with van der Waals surface area (Å²) in [6.07, 6.45) is 10.1. The second-order valence-corrected chi connectivity index (χ2v) is 9.78. The van der Waals surface area contributed by atoms with Crippen molar-refractivity contribution in [1.29, 1.82) is 0 Å². The summed E-state index contributed by atoms with van der Waals surface area (Å²) >= 11 is 0. The Kier molecular flexibility index (Phi) is 3.16. The summed E-state index contributed by atoms with van der Waals surface area (Å²) in [5, 5.41) is 10.5. The summed E-state index contributed by atoms with van der Waals surface area (Å²) in [7, 11) is 0. The van der Waals surface area contributed by atoms with Gasteiger partial charge in [0, 0.05) is 11.8 Å². The Bertz CT molecular complexity index is 496. The van der Waals surface area contributed by atoms with E-state index in [9.17, 15) is 9.90 Å². The first-order valence-electron chi connectivity index (χ1n) is 9.52. The van der Waals surface area contributed by atoms with Gasteiger partial charge in [0.1, 0.15) is 5.78 Å². The highest BCUT2D eigenvalue weighted by molar-refractivity contribution is 5.87. The van der Waals surface area contributed by atoms with Crippen LogP contribution < -0.4 is 0 Å². The fourth-order valence-electron chi connectivity index (χ4n) is 7.20. The van der Waals surface area contributed by atoms with Gasteiger partial charge in [-0.25, -0.2) is 0 Å². The normalized spacial score (nSPS) is 57.9. The molecular weight excluding hydrogens is 272 g/mol. The van der Waals surface area contributed by atoms with Gasteiger partial charge in [-0.3, -0.25) is 4.79 Å². The van der Waals surface area contributed by atoms with Gasteiger partial charge in [0.15, 0.2) is 0 Å². The van der Waals surface area contributed by atoms with Crippen LogP contribution in [0.15, 0.2) is 0 Å². The van der Waals surface area contributed by atoms with E-state index in [2.05, 4.69) is 13.8 Å². The standard InChI is InChI=1S/C20H32O2/c1-18(22)10-11-19(2)13(12-18)4-5-14-15-6-7-17(21)20(15,3)9-8-16(14)19/h13-16,22H,4-12H2,1-3H3/t13?,14-,15-,16-,18?,19-,20-/m0/s1. The zero-order chi connectivity index (χ0) is 15.8. The quantitative estimate of drug-likeness (QED) is 0.722. The third-order valence-corrected chi connectivity index (χ3v) is 8.66. The van der Waals surface area contributed by atoms with E-state index in [1.165, 1.54) is 25.7 Å². The number of Topliss-reactive ketones (excluding diaryl/α,β-unsaturated/α-hetero) is 1. The minimum atomic E-state index is -0.441. The van der Waals surface area contributed by atoms with E-state index in [4.69, 9.17) is 0 Å². The monoisotopic (exact) mass is 304 g/mol. The molecule has 1 N–H and O–H groups in total. The van der Waals surface area contributed by atoms with Crippen LogP contribution in [0, 0.1) is 34.5 Å². The van der Waals surface area contributed by atoms with Crippen molar-refractivity contribution in [3.8, 4) is 0 Å². The minimum Gasteiger partial charge on any atom is -0.390 e. The molecule has 2 unspecified atom stereocenters. The highest BCUT2D eigenvalue weighted by atomic mass is 16.3. The molecule has 0 aromatic heterocycles. The lowest BCUT2D eigenvalue weighted by Crippen LogP contribution is -2.55. The first kappa shape index (κ1) is 15.2. The molecule has 0 amide bonds. The van der Waals surface area contributed by atoms with Crippen molar-refractivity contribution in [1.82, 2.24) is 0 Å². The summed E-state index contributed by atoms with van der Waals surface area (Å²) in [6, 6.07) is 0. The number of hydrogen-bond acceptors (Lipinski definition) is 2. The third kappa shape index (κ3) is 1.92. The molecule has 4 saturated carbocycles. The van der Waals surface area contributed by atoms with Gasteiger partial charge in [0.2, 0.25) is 0 Å². The molecule has 0 bridgehead atoms. The predicted molar refractivity (Wildman–Crippen MR) is 87.4 cm³/mol. The average molecular weight is 304 g/mol. The Hall–Kier alpha value is -0.370. The van der Waals surface area contributed by atoms with Gasteiger partial charge in [-0.1, -0.05) is 13.8 Å². The number of ketones is 1. The Morgan fingerprint density at radius 3 is 2.50 bits per heavy atom. The first-order chi connectivity index (χ1) is 10.3. The van der Waals surface area contributed by atoms with E-state index in [-0.39, 0.29) is 5.41 Å². The zero-order valence-electron chi connectivity index (χ0n) is 14.5. The molecule has 4 aliphatic carbocycles.